The highest BCUT2D eigenvalue weighted by Gasteiger charge is 2.44. The Labute approximate surface area is 131 Å². The molecule has 0 amide bonds. The highest BCUT2D eigenvalue weighted by atomic mass is 32.2. The average molecular weight is 326 g/mol. The fourth-order valence-electron chi connectivity index (χ4n) is 3.29. The molecule has 3 rings (SSSR count). The molecular formula is C15H22N2O4S. The zero-order chi connectivity index (χ0) is 15.6. The molecule has 0 unspecified atom stereocenters. The molecule has 6 nitrogen and oxygen atoms in total. The smallest absolute Gasteiger partial charge is 0.248 e. The van der Waals surface area contributed by atoms with E-state index in [2.05, 4.69) is 4.98 Å². The third kappa shape index (κ3) is 2.85. The summed E-state index contributed by atoms with van der Waals surface area (Å²) in [5.74, 6) is 0.380. The molecule has 22 heavy (non-hydrogen) atoms. The van der Waals surface area contributed by atoms with Gasteiger partial charge in [-0.05, 0) is 37.7 Å². The van der Waals surface area contributed by atoms with Crippen molar-refractivity contribution < 1.29 is 17.9 Å². The number of sulfonamides is 1. The minimum atomic E-state index is -3.56. The number of nitrogens with zero attached hydrogens (tertiary/aromatic N) is 2. The number of ether oxygens (including phenoxy) is 2. The van der Waals surface area contributed by atoms with E-state index in [0.29, 0.717) is 25.4 Å². The zero-order valence-electron chi connectivity index (χ0n) is 12.8. The van der Waals surface area contributed by atoms with Crippen LogP contribution in [-0.4, -0.2) is 50.6 Å². The fraction of sp³-hybridized carbons (Fsp3) is 0.667. The topological polar surface area (TPSA) is 68.7 Å². The summed E-state index contributed by atoms with van der Waals surface area (Å²) in [6, 6.07) is 1.61. The standard InChI is InChI=1S/C15H22N2O4S/c1-2-21-13-3-7-16-11-14(13)22(18,19)17-8-4-15(12-17)5-9-20-10-6-15/h3,7,11H,2,4-6,8-10,12H2,1H3. The van der Waals surface area contributed by atoms with Gasteiger partial charge in [-0.25, -0.2) is 8.42 Å². The first-order valence-corrected chi connectivity index (χ1v) is 9.16. The molecule has 2 aliphatic heterocycles. The van der Waals surface area contributed by atoms with Crippen LogP contribution in [0.25, 0.3) is 0 Å². The van der Waals surface area contributed by atoms with Crippen molar-refractivity contribution in [1.29, 1.82) is 0 Å². The van der Waals surface area contributed by atoms with Gasteiger partial charge in [-0.3, -0.25) is 4.98 Å². The summed E-state index contributed by atoms with van der Waals surface area (Å²) in [7, 11) is -3.56. The number of rotatable bonds is 4. The molecule has 0 N–H and O–H groups in total. The maximum absolute atomic E-state index is 12.9. The van der Waals surface area contributed by atoms with Crippen LogP contribution in [0.2, 0.25) is 0 Å². The first kappa shape index (κ1) is 15.7. The van der Waals surface area contributed by atoms with Gasteiger partial charge in [-0.15, -0.1) is 0 Å². The minimum Gasteiger partial charge on any atom is -0.492 e. The number of hydrogen-bond donors (Lipinski definition) is 0. The van der Waals surface area contributed by atoms with Crippen LogP contribution < -0.4 is 4.74 Å². The average Bonchev–Trinajstić information content (AvgIpc) is 2.93. The van der Waals surface area contributed by atoms with Crippen molar-refractivity contribution in [2.45, 2.75) is 31.1 Å². The van der Waals surface area contributed by atoms with E-state index in [1.807, 2.05) is 6.92 Å². The lowest BCUT2D eigenvalue weighted by Gasteiger charge is -2.33. The van der Waals surface area contributed by atoms with Crippen molar-refractivity contribution in [2.75, 3.05) is 32.9 Å². The summed E-state index contributed by atoms with van der Waals surface area (Å²) < 4.78 is 38.3. The summed E-state index contributed by atoms with van der Waals surface area (Å²) in [4.78, 5) is 4.13. The third-order valence-corrected chi connectivity index (χ3v) is 6.47. The molecule has 2 fully saturated rings. The lowest BCUT2D eigenvalue weighted by Crippen LogP contribution is -2.35. The van der Waals surface area contributed by atoms with E-state index in [4.69, 9.17) is 9.47 Å². The Balaban J connectivity index is 1.85. The SMILES string of the molecule is CCOc1ccncc1S(=O)(=O)N1CCC2(CCOCC2)C1. The lowest BCUT2D eigenvalue weighted by molar-refractivity contribution is 0.0222. The maximum atomic E-state index is 12.9. The quantitative estimate of drug-likeness (QED) is 0.842. The van der Waals surface area contributed by atoms with E-state index in [1.54, 1.807) is 16.6 Å². The van der Waals surface area contributed by atoms with Crippen LogP contribution in [0.5, 0.6) is 5.75 Å². The minimum absolute atomic E-state index is 0.0826. The number of hydrogen-bond acceptors (Lipinski definition) is 5. The van der Waals surface area contributed by atoms with E-state index < -0.39 is 10.0 Å². The van der Waals surface area contributed by atoms with E-state index >= 15 is 0 Å². The normalized spacial score (nSPS) is 22.0. The molecule has 0 saturated carbocycles. The van der Waals surface area contributed by atoms with E-state index in [0.717, 1.165) is 32.5 Å². The molecule has 0 radical (unpaired) electrons. The molecule has 0 aliphatic carbocycles. The molecule has 1 aromatic rings. The second kappa shape index (κ2) is 6.14. The summed E-state index contributed by atoms with van der Waals surface area (Å²) in [5.41, 5.74) is 0.0826. The Bertz CT molecular complexity index is 626. The molecule has 2 saturated heterocycles. The van der Waals surface area contributed by atoms with Crippen LogP contribution in [0.4, 0.5) is 0 Å². The van der Waals surface area contributed by atoms with Crippen LogP contribution in [0.15, 0.2) is 23.4 Å². The zero-order valence-corrected chi connectivity index (χ0v) is 13.6. The van der Waals surface area contributed by atoms with Crippen molar-refractivity contribution in [3.05, 3.63) is 18.5 Å². The Hall–Kier alpha value is -1.18. The third-order valence-electron chi connectivity index (χ3n) is 4.62. The summed E-state index contributed by atoms with van der Waals surface area (Å²) in [6.45, 7) is 4.84. The highest BCUT2D eigenvalue weighted by molar-refractivity contribution is 7.89. The van der Waals surface area contributed by atoms with Gasteiger partial charge in [0, 0.05) is 32.5 Å². The summed E-state index contributed by atoms with van der Waals surface area (Å²) >= 11 is 0. The van der Waals surface area contributed by atoms with Gasteiger partial charge in [0.05, 0.1) is 12.8 Å². The van der Waals surface area contributed by atoms with Gasteiger partial charge in [0.2, 0.25) is 10.0 Å². The number of aromatic nitrogens is 1. The first-order chi connectivity index (χ1) is 10.6. The molecule has 0 bridgehead atoms. The second-order valence-electron chi connectivity index (χ2n) is 5.96. The predicted octanol–water partition coefficient (Wildman–Crippen LogP) is 1.67. The van der Waals surface area contributed by atoms with Gasteiger partial charge in [0.25, 0.3) is 0 Å². The van der Waals surface area contributed by atoms with E-state index in [-0.39, 0.29) is 10.3 Å². The van der Waals surface area contributed by atoms with Crippen molar-refractivity contribution in [2.24, 2.45) is 5.41 Å². The summed E-state index contributed by atoms with van der Waals surface area (Å²) in [5, 5.41) is 0. The molecule has 1 spiro atoms. The number of pyridine rings is 1. The molecule has 2 aliphatic rings. The first-order valence-electron chi connectivity index (χ1n) is 7.72. The Morgan fingerprint density at radius 3 is 2.86 bits per heavy atom. The predicted molar refractivity (Wildman–Crippen MR) is 81.3 cm³/mol. The highest BCUT2D eigenvalue weighted by Crippen LogP contribution is 2.42. The Morgan fingerprint density at radius 2 is 2.14 bits per heavy atom. The maximum Gasteiger partial charge on any atom is 0.248 e. The van der Waals surface area contributed by atoms with Gasteiger partial charge in [0.15, 0.2) is 0 Å². The molecule has 0 aromatic carbocycles. The van der Waals surface area contributed by atoms with Gasteiger partial charge in [-0.2, -0.15) is 4.31 Å². The molecule has 0 atom stereocenters. The Kier molecular flexibility index (Phi) is 4.38. The lowest BCUT2D eigenvalue weighted by atomic mass is 9.80. The van der Waals surface area contributed by atoms with Crippen LogP contribution in [-0.2, 0) is 14.8 Å². The van der Waals surface area contributed by atoms with Crippen molar-refractivity contribution in [1.82, 2.24) is 9.29 Å². The molecular weight excluding hydrogens is 304 g/mol. The van der Waals surface area contributed by atoms with Crippen LogP contribution >= 0.6 is 0 Å². The van der Waals surface area contributed by atoms with Gasteiger partial charge < -0.3 is 9.47 Å². The Morgan fingerprint density at radius 1 is 1.36 bits per heavy atom. The molecule has 1 aromatic heterocycles. The van der Waals surface area contributed by atoms with Gasteiger partial charge in [0.1, 0.15) is 10.6 Å². The van der Waals surface area contributed by atoms with Crippen molar-refractivity contribution in [3.63, 3.8) is 0 Å². The largest absolute Gasteiger partial charge is 0.492 e. The summed E-state index contributed by atoms with van der Waals surface area (Å²) in [6.07, 6.45) is 5.71. The fourth-order valence-corrected chi connectivity index (χ4v) is 4.92. The van der Waals surface area contributed by atoms with E-state index in [1.165, 1.54) is 6.20 Å². The van der Waals surface area contributed by atoms with Crippen molar-refractivity contribution >= 4 is 10.0 Å². The monoisotopic (exact) mass is 326 g/mol. The van der Waals surface area contributed by atoms with E-state index in [9.17, 15) is 8.42 Å². The van der Waals surface area contributed by atoms with Crippen LogP contribution in [0.3, 0.4) is 0 Å². The molecule has 122 valence electrons. The van der Waals surface area contributed by atoms with Gasteiger partial charge >= 0.3 is 0 Å². The second-order valence-corrected chi connectivity index (χ2v) is 7.86. The van der Waals surface area contributed by atoms with Crippen molar-refractivity contribution in [3.8, 4) is 5.75 Å². The molecule has 7 heteroatoms. The van der Waals surface area contributed by atoms with Crippen LogP contribution in [0.1, 0.15) is 26.2 Å². The van der Waals surface area contributed by atoms with Crippen LogP contribution in [0, 0.1) is 5.41 Å². The molecule has 3 heterocycles. The van der Waals surface area contributed by atoms with Gasteiger partial charge in [-0.1, -0.05) is 0 Å².